The molecule has 0 saturated heterocycles. The molecule has 2 rings (SSSR count). The van der Waals surface area contributed by atoms with Gasteiger partial charge < -0.3 is 15.7 Å². The Morgan fingerprint density at radius 1 is 1.05 bits per heavy atom. The van der Waals surface area contributed by atoms with Crippen molar-refractivity contribution in [3.63, 3.8) is 0 Å². The van der Waals surface area contributed by atoms with Crippen molar-refractivity contribution in [2.24, 2.45) is 0 Å². The molecule has 0 heterocycles. The second kappa shape index (κ2) is 6.35. The monoisotopic (exact) mass is 316 g/mol. The van der Waals surface area contributed by atoms with Crippen molar-refractivity contribution in [2.75, 3.05) is 11.9 Å². The van der Waals surface area contributed by atoms with Gasteiger partial charge in [0.25, 0.3) is 0 Å². The number of hydrogen-bond donors (Lipinski definition) is 3. The molecule has 2 amide bonds. The molecule has 0 spiro atoms. The fourth-order valence-electron chi connectivity index (χ4n) is 2.33. The summed E-state index contributed by atoms with van der Waals surface area (Å²) in [5, 5.41) is 14.1. The van der Waals surface area contributed by atoms with Gasteiger partial charge in [-0.15, -0.1) is 0 Å². The third kappa shape index (κ3) is 3.76. The number of carbonyl (C=O) groups is 2. The Hall–Kier alpha value is -2.09. The highest BCUT2D eigenvalue weighted by Crippen LogP contribution is 2.28. The van der Waals surface area contributed by atoms with Crippen LogP contribution in [-0.2, 0) is 9.59 Å². The molecule has 0 aromatic heterocycles. The number of hydrogen-bond acceptors (Lipinski definition) is 3. The molecule has 0 unspecified atom stereocenters. The van der Waals surface area contributed by atoms with Crippen LogP contribution < -0.4 is 10.6 Å². The molecular weight excluding hydrogens is 301 g/mol. The Kier molecular flexibility index (Phi) is 4.70. The van der Waals surface area contributed by atoms with Gasteiger partial charge >= 0.3 is 11.8 Å². The van der Waals surface area contributed by atoms with Crippen LogP contribution in [0, 0.1) is 17.5 Å². The van der Waals surface area contributed by atoms with E-state index in [1.54, 1.807) is 0 Å². The predicted molar refractivity (Wildman–Crippen MR) is 71.4 cm³/mol. The maximum atomic E-state index is 13.4. The number of amides is 2. The van der Waals surface area contributed by atoms with Crippen LogP contribution in [0.3, 0.4) is 0 Å². The smallest absolute Gasteiger partial charge is 0.313 e. The average Bonchev–Trinajstić information content (AvgIpc) is 2.89. The van der Waals surface area contributed by atoms with E-state index in [-0.39, 0.29) is 12.6 Å². The lowest BCUT2D eigenvalue weighted by molar-refractivity contribution is -0.136. The molecular formula is C14H15F3N2O3. The van der Waals surface area contributed by atoms with E-state index in [9.17, 15) is 27.9 Å². The fourth-order valence-corrected chi connectivity index (χ4v) is 2.33. The highest BCUT2D eigenvalue weighted by molar-refractivity contribution is 6.39. The van der Waals surface area contributed by atoms with Gasteiger partial charge in [0.2, 0.25) is 0 Å². The van der Waals surface area contributed by atoms with Crippen molar-refractivity contribution in [3.8, 4) is 0 Å². The molecule has 5 nitrogen and oxygen atoms in total. The molecule has 8 heteroatoms. The number of anilines is 1. The molecule has 0 bridgehead atoms. The van der Waals surface area contributed by atoms with E-state index in [1.165, 1.54) is 0 Å². The van der Waals surface area contributed by atoms with Crippen molar-refractivity contribution in [2.45, 2.75) is 31.3 Å². The molecule has 0 aliphatic heterocycles. The highest BCUT2D eigenvalue weighted by atomic mass is 19.2. The average molecular weight is 316 g/mol. The Balaban J connectivity index is 1.94. The van der Waals surface area contributed by atoms with E-state index >= 15 is 0 Å². The number of halogens is 3. The molecule has 22 heavy (non-hydrogen) atoms. The van der Waals surface area contributed by atoms with Gasteiger partial charge in [-0.2, -0.15) is 0 Å². The fraction of sp³-hybridized carbons (Fsp3) is 0.429. The molecule has 1 aliphatic carbocycles. The van der Waals surface area contributed by atoms with Crippen molar-refractivity contribution in [1.29, 1.82) is 0 Å². The van der Waals surface area contributed by atoms with E-state index in [4.69, 9.17) is 0 Å². The Morgan fingerprint density at radius 2 is 1.64 bits per heavy atom. The molecule has 1 aliphatic rings. The minimum atomic E-state index is -1.40. The zero-order chi connectivity index (χ0) is 16.3. The van der Waals surface area contributed by atoms with Crippen molar-refractivity contribution in [3.05, 3.63) is 29.6 Å². The summed E-state index contributed by atoms with van der Waals surface area (Å²) >= 11 is 0. The number of aliphatic hydroxyl groups is 1. The summed E-state index contributed by atoms with van der Waals surface area (Å²) < 4.78 is 39.1. The zero-order valence-corrected chi connectivity index (χ0v) is 11.6. The lowest BCUT2D eigenvalue weighted by atomic mass is 10.0. The summed E-state index contributed by atoms with van der Waals surface area (Å²) in [7, 11) is 0. The molecule has 120 valence electrons. The van der Waals surface area contributed by atoms with Crippen LogP contribution in [0.15, 0.2) is 12.1 Å². The maximum Gasteiger partial charge on any atom is 0.313 e. The molecule has 1 fully saturated rings. The van der Waals surface area contributed by atoms with E-state index in [0.29, 0.717) is 18.9 Å². The number of benzene rings is 1. The van der Waals surface area contributed by atoms with Gasteiger partial charge in [-0.1, -0.05) is 12.8 Å². The van der Waals surface area contributed by atoms with Gasteiger partial charge in [0.05, 0.1) is 11.3 Å². The second-order valence-corrected chi connectivity index (χ2v) is 5.31. The van der Waals surface area contributed by atoms with Crippen LogP contribution in [0.25, 0.3) is 0 Å². The molecule has 1 saturated carbocycles. The molecule has 1 aromatic carbocycles. The normalized spacial score (nSPS) is 16.4. The molecule has 3 N–H and O–H groups in total. The minimum Gasteiger partial charge on any atom is -0.388 e. The van der Waals surface area contributed by atoms with E-state index < -0.39 is 40.6 Å². The lowest BCUT2D eigenvalue weighted by Gasteiger charge is -2.22. The first kappa shape index (κ1) is 16.3. The van der Waals surface area contributed by atoms with E-state index in [1.807, 2.05) is 5.32 Å². The molecule has 1 aromatic rings. The zero-order valence-electron chi connectivity index (χ0n) is 11.6. The van der Waals surface area contributed by atoms with Crippen LogP contribution in [0.1, 0.15) is 25.7 Å². The second-order valence-electron chi connectivity index (χ2n) is 5.31. The summed E-state index contributed by atoms with van der Waals surface area (Å²) in [6.45, 7) is -0.0977. The van der Waals surface area contributed by atoms with E-state index in [0.717, 1.165) is 12.8 Å². The maximum absolute atomic E-state index is 13.4. The Labute approximate surface area is 124 Å². The van der Waals surface area contributed by atoms with Gasteiger partial charge in [-0.3, -0.25) is 9.59 Å². The number of carbonyl (C=O) groups excluding carboxylic acids is 2. The first-order valence-electron chi connectivity index (χ1n) is 6.77. The quantitative estimate of drug-likeness (QED) is 0.583. The first-order chi connectivity index (χ1) is 10.3. The minimum absolute atomic E-state index is 0.0977. The van der Waals surface area contributed by atoms with Crippen LogP contribution >= 0.6 is 0 Å². The van der Waals surface area contributed by atoms with Crippen molar-refractivity contribution >= 4 is 17.5 Å². The van der Waals surface area contributed by atoms with Gasteiger partial charge in [-0.25, -0.2) is 13.2 Å². The first-order valence-corrected chi connectivity index (χ1v) is 6.77. The number of nitrogens with one attached hydrogen (secondary N) is 2. The van der Waals surface area contributed by atoms with Crippen LogP contribution in [0.2, 0.25) is 0 Å². The topological polar surface area (TPSA) is 78.4 Å². The lowest BCUT2D eigenvalue weighted by Crippen LogP contribution is -2.44. The molecule has 0 atom stereocenters. The van der Waals surface area contributed by atoms with Crippen molar-refractivity contribution < 1.29 is 27.9 Å². The summed E-state index contributed by atoms with van der Waals surface area (Å²) in [5.41, 5.74) is -1.68. The third-order valence-electron chi connectivity index (χ3n) is 3.58. The Bertz CT molecular complexity index is 601. The SMILES string of the molecule is O=C(NCC1(O)CCCC1)C(=O)Nc1cc(F)c(F)cc1F. The number of rotatable bonds is 3. The Morgan fingerprint density at radius 3 is 2.27 bits per heavy atom. The van der Waals surface area contributed by atoms with Crippen LogP contribution in [0.4, 0.5) is 18.9 Å². The molecule has 0 radical (unpaired) electrons. The van der Waals surface area contributed by atoms with Gasteiger partial charge in [0.15, 0.2) is 11.6 Å². The predicted octanol–water partition coefficient (Wildman–Crippen LogP) is 1.46. The highest BCUT2D eigenvalue weighted by Gasteiger charge is 2.32. The van der Waals surface area contributed by atoms with Crippen LogP contribution in [-0.4, -0.2) is 29.1 Å². The summed E-state index contributed by atoms with van der Waals surface area (Å²) in [6, 6.07) is 0.713. The summed E-state index contributed by atoms with van der Waals surface area (Å²) in [4.78, 5) is 23.2. The largest absolute Gasteiger partial charge is 0.388 e. The van der Waals surface area contributed by atoms with Gasteiger partial charge in [0.1, 0.15) is 5.82 Å². The summed E-state index contributed by atoms with van der Waals surface area (Å²) in [6.07, 6.45) is 2.71. The standard InChI is InChI=1S/C14H15F3N2O3/c15-8-5-10(17)11(6-9(8)16)19-13(21)12(20)18-7-14(22)3-1-2-4-14/h5-6,22H,1-4,7H2,(H,18,20)(H,19,21). The van der Waals surface area contributed by atoms with Gasteiger partial charge in [0, 0.05) is 18.7 Å². The van der Waals surface area contributed by atoms with Crippen LogP contribution in [0.5, 0.6) is 0 Å². The third-order valence-corrected chi connectivity index (χ3v) is 3.58. The summed E-state index contributed by atoms with van der Waals surface area (Å²) in [5.74, 6) is -6.27. The van der Waals surface area contributed by atoms with Gasteiger partial charge in [-0.05, 0) is 12.8 Å². The van der Waals surface area contributed by atoms with Crippen molar-refractivity contribution in [1.82, 2.24) is 5.32 Å². The van der Waals surface area contributed by atoms with E-state index in [2.05, 4.69) is 5.32 Å².